The molecule has 2 aromatic carbocycles. The lowest BCUT2D eigenvalue weighted by atomic mass is 10.1. The number of carbonyl (C=O) groups excluding carboxylic acids is 1. The summed E-state index contributed by atoms with van der Waals surface area (Å²) in [6.45, 7) is -0.166. The predicted molar refractivity (Wildman–Crippen MR) is 106 cm³/mol. The van der Waals surface area contributed by atoms with E-state index in [0.29, 0.717) is 11.4 Å². The topological polar surface area (TPSA) is 84.9 Å². The highest BCUT2D eigenvalue weighted by Crippen LogP contribution is 2.29. The van der Waals surface area contributed by atoms with Gasteiger partial charge in [0.2, 0.25) is 10.0 Å². The number of hydrogen-bond donors (Lipinski definition) is 1. The first-order chi connectivity index (χ1) is 13.3. The summed E-state index contributed by atoms with van der Waals surface area (Å²) in [5.74, 6) is 0.487. The summed E-state index contributed by atoms with van der Waals surface area (Å²) in [7, 11) is 0.552. The number of rotatable bonds is 7. The molecule has 3 rings (SSSR count). The largest absolute Gasteiger partial charge is 0.495 e. The van der Waals surface area contributed by atoms with E-state index in [-0.39, 0.29) is 23.2 Å². The summed E-state index contributed by atoms with van der Waals surface area (Å²) in [5, 5.41) is 2.66. The van der Waals surface area contributed by atoms with Crippen LogP contribution in [0.5, 0.6) is 11.5 Å². The Kier molecular flexibility index (Phi) is 5.90. The van der Waals surface area contributed by atoms with Gasteiger partial charge < -0.3 is 14.8 Å². The van der Waals surface area contributed by atoms with Gasteiger partial charge in [0.05, 0.1) is 7.11 Å². The van der Waals surface area contributed by atoms with E-state index in [1.807, 2.05) is 18.2 Å². The molecule has 7 nitrogen and oxygen atoms in total. The maximum absolute atomic E-state index is 12.5. The third-order valence-corrected chi connectivity index (χ3v) is 6.48. The van der Waals surface area contributed by atoms with Crippen molar-refractivity contribution >= 4 is 21.6 Å². The lowest BCUT2D eigenvalue weighted by Crippen LogP contribution is -2.24. The molecule has 0 atom stereocenters. The van der Waals surface area contributed by atoms with E-state index in [0.717, 1.165) is 23.6 Å². The smallest absolute Gasteiger partial charge is 0.262 e. The van der Waals surface area contributed by atoms with Crippen molar-refractivity contribution in [3.63, 3.8) is 0 Å². The Hall–Kier alpha value is -2.58. The van der Waals surface area contributed by atoms with Crippen molar-refractivity contribution in [1.29, 1.82) is 0 Å². The second-order valence-corrected chi connectivity index (χ2v) is 8.89. The highest BCUT2D eigenvalue weighted by Gasteiger charge is 2.23. The number of amides is 1. The number of hydrogen-bond acceptors (Lipinski definition) is 5. The van der Waals surface area contributed by atoms with E-state index in [9.17, 15) is 13.2 Å². The molecule has 0 unspecified atom stereocenters. The van der Waals surface area contributed by atoms with Gasteiger partial charge in [-0.2, -0.15) is 0 Å². The average Bonchev–Trinajstić information content (AvgIpc) is 3.14. The van der Waals surface area contributed by atoms with Crippen LogP contribution in [0.3, 0.4) is 0 Å². The summed E-state index contributed by atoms with van der Waals surface area (Å²) in [6, 6.07) is 10.4. The lowest BCUT2D eigenvalue weighted by molar-refractivity contribution is -0.118. The van der Waals surface area contributed by atoms with Crippen molar-refractivity contribution in [1.82, 2.24) is 4.31 Å². The van der Waals surface area contributed by atoms with Gasteiger partial charge in [-0.1, -0.05) is 6.07 Å². The molecule has 0 radical (unpaired) electrons. The van der Waals surface area contributed by atoms with Crippen molar-refractivity contribution in [2.75, 3.05) is 33.1 Å². The standard InChI is InChI=1S/C20H24N2O5S/c1-22(2)28(24,25)19-12-16(8-10-18(19)26-3)21-20(23)13-27-17-9-7-14-5-4-6-15(14)11-17/h7-12H,4-6,13H2,1-3H3,(H,21,23). The summed E-state index contributed by atoms with van der Waals surface area (Å²) in [4.78, 5) is 12.2. The molecule has 150 valence electrons. The zero-order chi connectivity index (χ0) is 20.3. The second-order valence-electron chi connectivity index (χ2n) is 6.77. The molecule has 0 spiro atoms. The van der Waals surface area contributed by atoms with Gasteiger partial charge in [0, 0.05) is 19.8 Å². The maximum Gasteiger partial charge on any atom is 0.262 e. The molecule has 0 bridgehead atoms. The number of nitrogens with one attached hydrogen (secondary N) is 1. The molecular formula is C20H24N2O5S. The summed E-state index contributed by atoms with van der Waals surface area (Å²) >= 11 is 0. The molecule has 0 saturated heterocycles. The number of benzene rings is 2. The van der Waals surface area contributed by atoms with Gasteiger partial charge in [0.15, 0.2) is 6.61 Å². The van der Waals surface area contributed by atoms with E-state index in [2.05, 4.69) is 5.32 Å². The van der Waals surface area contributed by atoms with E-state index in [1.165, 1.54) is 44.5 Å². The van der Waals surface area contributed by atoms with Crippen molar-refractivity contribution in [3.05, 3.63) is 47.5 Å². The highest BCUT2D eigenvalue weighted by atomic mass is 32.2. The quantitative estimate of drug-likeness (QED) is 0.766. The number of carbonyl (C=O) groups is 1. The van der Waals surface area contributed by atoms with Gasteiger partial charge in [0.25, 0.3) is 5.91 Å². The van der Waals surface area contributed by atoms with Crippen molar-refractivity contribution in [3.8, 4) is 11.5 Å². The number of nitrogens with zero attached hydrogens (tertiary/aromatic N) is 1. The monoisotopic (exact) mass is 404 g/mol. The minimum absolute atomic E-state index is 0.0164. The molecule has 0 saturated carbocycles. The molecule has 0 aromatic heterocycles. The zero-order valence-corrected chi connectivity index (χ0v) is 17.0. The van der Waals surface area contributed by atoms with Gasteiger partial charge in [-0.05, 0) is 60.7 Å². The van der Waals surface area contributed by atoms with Crippen molar-refractivity contribution in [2.45, 2.75) is 24.2 Å². The van der Waals surface area contributed by atoms with Crippen LogP contribution in [0.1, 0.15) is 17.5 Å². The minimum Gasteiger partial charge on any atom is -0.495 e. The summed E-state index contributed by atoms with van der Waals surface area (Å²) in [5.41, 5.74) is 2.96. The SMILES string of the molecule is COc1ccc(NC(=O)COc2ccc3c(c2)CCC3)cc1S(=O)(=O)N(C)C. The Morgan fingerprint density at radius 1 is 1.11 bits per heavy atom. The normalized spacial score (nSPS) is 13.3. The molecule has 1 aliphatic rings. The fourth-order valence-electron chi connectivity index (χ4n) is 3.14. The van der Waals surface area contributed by atoms with Crippen LogP contribution in [-0.4, -0.2) is 46.4 Å². The summed E-state index contributed by atoms with van der Waals surface area (Å²) in [6.07, 6.45) is 3.27. The lowest BCUT2D eigenvalue weighted by Gasteiger charge is -2.16. The third-order valence-electron chi connectivity index (χ3n) is 4.65. The number of fused-ring (bicyclic) bond motifs is 1. The first-order valence-corrected chi connectivity index (χ1v) is 10.4. The first kappa shape index (κ1) is 20.2. The first-order valence-electron chi connectivity index (χ1n) is 8.96. The van der Waals surface area contributed by atoms with Crippen LogP contribution in [0, 0.1) is 0 Å². The van der Waals surface area contributed by atoms with Crippen LogP contribution < -0.4 is 14.8 Å². The van der Waals surface area contributed by atoms with Gasteiger partial charge in [-0.15, -0.1) is 0 Å². The maximum atomic E-state index is 12.5. The molecule has 1 aliphatic carbocycles. The van der Waals surface area contributed by atoms with Crippen LogP contribution in [0.15, 0.2) is 41.3 Å². The molecule has 0 aliphatic heterocycles. The molecule has 0 heterocycles. The van der Waals surface area contributed by atoms with E-state index >= 15 is 0 Å². The van der Waals surface area contributed by atoms with Crippen LogP contribution >= 0.6 is 0 Å². The molecule has 8 heteroatoms. The predicted octanol–water partition coefficient (Wildman–Crippen LogP) is 2.45. The van der Waals surface area contributed by atoms with Crippen LogP contribution in [-0.2, 0) is 27.7 Å². The Morgan fingerprint density at radius 2 is 1.86 bits per heavy atom. The number of methoxy groups -OCH3 is 1. The Balaban J connectivity index is 1.68. The molecule has 2 aromatic rings. The van der Waals surface area contributed by atoms with E-state index < -0.39 is 10.0 Å². The van der Waals surface area contributed by atoms with Crippen LogP contribution in [0.4, 0.5) is 5.69 Å². The van der Waals surface area contributed by atoms with Gasteiger partial charge in [0.1, 0.15) is 16.4 Å². The third kappa shape index (κ3) is 4.28. The minimum atomic E-state index is -3.71. The number of aryl methyl sites for hydroxylation is 2. The fourth-order valence-corrected chi connectivity index (χ4v) is 4.21. The molecule has 1 amide bonds. The van der Waals surface area contributed by atoms with Crippen molar-refractivity contribution < 1.29 is 22.7 Å². The number of ether oxygens (including phenoxy) is 2. The number of sulfonamides is 1. The Bertz CT molecular complexity index is 986. The Labute approximate surface area is 165 Å². The average molecular weight is 404 g/mol. The van der Waals surface area contributed by atoms with Crippen LogP contribution in [0.2, 0.25) is 0 Å². The van der Waals surface area contributed by atoms with E-state index in [4.69, 9.17) is 9.47 Å². The van der Waals surface area contributed by atoms with Gasteiger partial charge >= 0.3 is 0 Å². The van der Waals surface area contributed by atoms with E-state index in [1.54, 1.807) is 6.07 Å². The van der Waals surface area contributed by atoms with Crippen molar-refractivity contribution in [2.24, 2.45) is 0 Å². The fraction of sp³-hybridized carbons (Fsp3) is 0.350. The Morgan fingerprint density at radius 3 is 2.57 bits per heavy atom. The molecule has 28 heavy (non-hydrogen) atoms. The van der Waals surface area contributed by atoms with Gasteiger partial charge in [-0.3, -0.25) is 4.79 Å². The van der Waals surface area contributed by atoms with Crippen LogP contribution in [0.25, 0.3) is 0 Å². The molecule has 1 N–H and O–H groups in total. The summed E-state index contributed by atoms with van der Waals surface area (Å²) < 4.78 is 36.7. The molecular weight excluding hydrogens is 380 g/mol. The van der Waals surface area contributed by atoms with Gasteiger partial charge in [-0.25, -0.2) is 12.7 Å². The zero-order valence-electron chi connectivity index (χ0n) is 16.2. The highest BCUT2D eigenvalue weighted by molar-refractivity contribution is 7.89. The second kappa shape index (κ2) is 8.20. The molecule has 0 fully saturated rings. The number of anilines is 1.